The van der Waals surface area contributed by atoms with Gasteiger partial charge in [-0.25, -0.2) is 14.2 Å². The molecule has 0 bridgehead atoms. The molecule has 5 heteroatoms. The second-order valence-electron chi connectivity index (χ2n) is 2.16. The van der Waals surface area contributed by atoms with Crippen molar-refractivity contribution in [1.82, 2.24) is 4.98 Å². The van der Waals surface area contributed by atoms with Crippen molar-refractivity contribution in [2.45, 2.75) is 0 Å². The highest BCUT2D eigenvalue weighted by Gasteiger charge is 2.13. The molecule has 0 amide bonds. The third-order valence-corrected chi connectivity index (χ3v) is 1.35. The number of halogens is 1. The van der Waals surface area contributed by atoms with Crippen LogP contribution in [-0.2, 0) is 4.74 Å². The van der Waals surface area contributed by atoms with E-state index in [1.54, 1.807) is 6.07 Å². The predicted octanol–water partition coefficient (Wildman–Crippen LogP) is 0.879. The molecule has 1 heterocycles. The number of aromatic nitrogens is 1. The van der Waals surface area contributed by atoms with E-state index >= 15 is 0 Å². The van der Waals surface area contributed by atoms with E-state index in [2.05, 4.69) is 9.72 Å². The van der Waals surface area contributed by atoms with Crippen LogP contribution >= 0.6 is 0 Å². The van der Waals surface area contributed by atoms with Gasteiger partial charge in [-0.05, 0) is 6.07 Å². The summed E-state index contributed by atoms with van der Waals surface area (Å²) in [6, 6.07) is 2.63. The van der Waals surface area contributed by atoms with Crippen LogP contribution in [0.2, 0.25) is 0 Å². The predicted molar refractivity (Wildman–Crippen MR) is 40.2 cm³/mol. The first-order valence-corrected chi connectivity index (χ1v) is 3.33. The molecule has 0 aliphatic heterocycles. The number of hydrogen-bond donors (Lipinski definition) is 0. The summed E-state index contributed by atoms with van der Waals surface area (Å²) in [6.07, 6.45) is 1.11. The Labute approximate surface area is 73.6 Å². The minimum atomic E-state index is -0.859. The lowest BCUT2D eigenvalue weighted by Crippen LogP contribution is -2.07. The second-order valence-corrected chi connectivity index (χ2v) is 2.16. The van der Waals surface area contributed by atoms with Gasteiger partial charge < -0.3 is 4.74 Å². The summed E-state index contributed by atoms with van der Waals surface area (Å²) in [5.74, 6) is -1.71. The van der Waals surface area contributed by atoms with Gasteiger partial charge >= 0.3 is 5.97 Å². The van der Waals surface area contributed by atoms with E-state index in [1.807, 2.05) is 0 Å². The zero-order valence-electron chi connectivity index (χ0n) is 6.74. The SMILES string of the molecule is COC(=O)c1ncc(C#N)cc1F. The molecule has 0 atom stereocenters. The number of methoxy groups -OCH3 is 1. The Morgan fingerprint density at radius 1 is 1.77 bits per heavy atom. The Hall–Kier alpha value is -1.96. The van der Waals surface area contributed by atoms with Crippen LogP contribution in [0.1, 0.15) is 16.1 Å². The minimum absolute atomic E-state index is 0.0603. The number of rotatable bonds is 1. The van der Waals surface area contributed by atoms with Gasteiger partial charge in [0.1, 0.15) is 6.07 Å². The first-order chi connectivity index (χ1) is 6.19. The topological polar surface area (TPSA) is 63.0 Å². The van der Waals surface area contributed by atoms with Crippen LogP contribution in [0.4, 0.5) is 4.39 Å². The monoisotopic (exact) mass is 180 g/mol. The fourth-order valence-corrected chi connectivity index (χ4v) is 0.746. The third-order valence-electron chi connectivity index (χ3n) is 1.35. The molecule has 0 saturated carbocycles. The maximum atomic E-state index is 13.0. The standard InChI is InChI=1S/C8H5FN2O2/c1-13-8(12)7-6(9)2-5(3-10)4-11-7/h2,4H,1H3. The number of carbonyl (C=O) groups is 1. The quantitative estimate of drug-likeness (QED) is 0.602. The number of pyridine rings is 1. The Balaban J connectivity index is 3.14. The highest BCUT2D eigenvalue weighted by molar-refractivity contribution is 5.87. The van der Waals surface area contributed by atoms with Gasteiger partial charge in [-0.1, -0.05) is 0 Å². The fourth-order valence-electron chi connectivity index (χ4n) is 0.746. The molecule has 0 saturated heterocycles. The first kappa shape index (κ1) is 9.13. The molecule has 66 valence electrons. The van der Waals surface area contributed by atoms with Crippen molar-refractivity contribution in [3.63, 3.8) is 0 Å². The molecular weight excluding hydrogens is 175 g/mol. The van der Waals surface area contributed by atoms with E-state index < -0.39 is 17.5 Å². The number of nitrogens with zero attached hydrogens (tertiary/aromatic N) is 2. The summed E-state index contributed by atoms with van der Waals surface area (Å²) < 4.78 is 17.2. The molecular formula is C8H5FN2O2. The third kappa shape index (κ3) is 1.79. The molecule has 13 heavy (non-hydrogen) atoms. The van der Waals surface area contributed by atoms with Crippen LogP contribution in [0.3, 0.4) is 0 Å². The largest absolute Gasteiger partial charge is 0.464 e. The maximum Gasteiger partial charge on any atom is 0.359 e. The molecule has 1 aromatic rings. The van der Waals surface area contributed by atoms with Gasteiger partial charge in [0.25, 0.3) is 0 Å². The summed E-state index contributed by atoms with van der Waals surface area (Å²) >= 11 is 0. The number of ether oxygens (including phenoxy) is 1. The fraction of sp³-hybridized carbons (Fsp3) is 0.125. The van der Waals surface area contributed by atoms with Crippen molar-refractivity contribution in [2.75, 3.05) is 7.11 Å². The molecule has 4 nitrogen and oxygen atoms in total. The Morgan fingerprint density at radius 2 is 2.46 bits per heavy atom. The molecule has 0 aromatic carbocycles. The van der Waals surface area contributed by atoms with E-state index in [0.29, 0.717) is 0 Å². The molecule has 0 radical (unpaired) electrons. The number of nitriles is 1. The first-order valence-electron chi connectivity index (χ1n) is 3.33. The van der Waals surface area contributed by atoms with Crippen LogP contribution in [0.25, 0.3) is 0 Å². The highest BCUT2D eigenvalue weighted by atomic mass is 19.1. The Kier molecular flexibility index (Phi) is 2.55. The van der Waals surface area contributed by atoms with Crippen LogP contribution < -0.4 is 0 Å². The van der Waals surface area contributed by atoms with Gasteiger partial charge in [0.15, 0.2) is 11.5 Å². The van der Waals surface area contributed by atoms with Gasteiger partial charge in [-0.3, -0.25) is 0 Å². The molecule has 0 N–H and O–H groups in total. The average Bonchev–Trinajstić information content (AvgIpc) is 2.16. The normalized spacial score (nSPS) is 9.00. The Bertz CT molecular complexity index is 384. The van der Waals surface area contributed by atoms with Crippen molar-refractivity contribution < 1.29 is 13.9 Å². The van der Waals surface area contributed by atoms with E-state index in [9.17, 15) is 9.18 Å². The van der Waals surface area contributed by atoms with Crippen LogP contribution in [0.5, 0.6) is 0 Å². The summed E-state index contributed by atoms with van der Waals surface area (Å²) in [6.45, 7) is 0. The molecule has 0 fully saturated rings. The van der Waals surface area contributed by atoms with Crippen molar-refractivity contribution in [3.05, 3.63) is 29.3 Å². The van der Waals surface area contributed by atoms with Gasteiger partial charge in [0.05, 0.1) is 12.7 Å². The molecule has 0 unspecified atom stereocenters. The lowest BCUT2D eigenvalue weighted by Gasteiger charge is -1.98. The summed E-state index contributed by atoms with van der Waals surface area (Å²) in [7, 11) is 1.13. The second kappa shape index (κ2) is 3.63. The molecule has 1 rings (SSSR count). The van der Waals surface area contributed by atoms with Gasteiger partial charge in [-0.2, -0.15) is 5.26 Å². The zero-order chi connectivity index (χ0) is 9.84. The summed E-state index contributed by atoms with van der Waals surface area (Å²) in [5.41, 5.74) is -0.355. The van der Waals surface area contributed by atoms with Crippen molar-refractivity contribution in [2.24, 2.45) is 0 Å². The van der Waals surface area contributed by atoms with Gasteiger partial charge in [-0.15, -0.1) is 0 Å². The van der Waals surface area contributed by atoms with Crippen LogP contribution in [-0.4, -0.2) is 18.1 Å². The number of esters is 1. The minimum Gasteiger partial charge on any atom is -0.464 e. The van der Waals surface area contributed by atoms with Gasteiger partial charge in [0.2, 0.25) is 0 Å². The summed E-state index contributed by atoms with van der Waals surface area (Å²) in [5, 5.41) is 8.38. The molecule has 0 spiro atoms. The van der Waals surface area contributed by atoms with E-state index in [1.165, 1.54) is 0 Å². The molecule has 1 aromatic heterocycles. The smallest absolute Gasteiger partial charge is 0.359 e. The zero-order valence-corrected chi connectivity index (χ0v) is 6.74. The van der Waals surface area contributed by atoms with Crippen LogP contribution in [0.15, 0.2) is 12.3 Å². The molecule has 0 aliphatic rings. The molecule has 0 aliphatic carbocycles. The average molecular weight is 180 g/mol. The van der Waals surface area contributed by atoms with Crippen molar-refractivity contribution in [1.29, 1.82) is 5.26 Å². The van der Waals surface area contributed by atoms with Crippen LogP contribution in [0, 0.1) is 17.1 Å². The van der Waals surface area contributed by atoms with E-state index in [0.717, 1.165) is 19.4 Å². The van der Waals surface area contributed by atoms with Crippen molar-refractivity contribution >= 4 is 5.97 Å². The van der Waals surface area contributed by atoms with Gasteiger partial charge in [0, 0.05) is 6.20 Å². The maximum absolute atomic E-state index is 13.0. The lowest BCUT2D eigenvalue weighted by molar-refractivity contribution is 0.0588. The summed E-state index contributed by atoms with van der Waals surface area (Å²) in [4.78, 5) is 14.3. The lowest BCUT2D eigenvalue weighted by atomic mass is 10.2. The van der Waals surface area contributed by atoms with Crippen molar-refractivity contribution in [3.8, 4) is 6.07 Å². The number of carbonyl (C=O) groups excluding carboxylic acids is 1. The van der Waals surface area contributed by atoms with E-state index in [4.69, 9.17) is 5.26 Å². The highest BCUT2D eigenvalue weighted by Crippen LogP contribution is 2.07. The number of hydrogen-bond acceptors (Lipinski definition) is 4. The Morgan fingerprint density at radius 3 is 2.92 bits per heavy atom. The van der Waals surface area contributed by atoms with E-state index in [-0.39, 0.29) is 5.56 Å².